The number of carboxylic acids is 1. The van der Waals surface area contributed by atoms with Crippen LogP contribution in [0.3, 0.4) is 0 Å². The molecule has 1 aliphatic heterocycles. The van der Waals surface area contributed by atoms with E-state index in [0.29, 0.717) is 50.5 Å². The van der Waals surface area contributed by atoms with Crippen LogP contribution in [0.25, 0.3) is 33.4 Å². The summed E-state index contributed by atoms with van der Waals surface area (Å²) in [6, 6.07) is 30.2. The Kier molecular flexibility index (Phi) is 13.3. The molecule has 0 unspecified atom stereocenters. The van der Waals surface area contributed by atoms with Crippen molar-refractivity contribution in [1.29, 1.82) is 0 Å². The van der Waals surface area contributed by atoms with E-state index in [1.165, 1.54) is 48.5 Å². The lowest BCUT2D eigenvalue weighted by atomic mass is 9.93. The molecule has 1 heterocycles. The summed E-state index contributed by atoms with van der Waals surface area (Å²) in [5, 5.41) is 24.1. The molecule has 4 amide bonds. The molecule has 0 saturated carbocycles. The van der Waals surface area contributed by atoms with Crippen molar-refractivity contribution >= 4 is 89.0 Å². The average molecular weight is 995 g/mol. The zero-order valence-corrected chi connectivity index (χ0v) is 40.6. The summed E-state index contributed by atoms with van der Waals surface area (Å²) < 4.78 is 80.3. The number of fused-ring (bicyclic) bond motifs is 2. The number of rotatable bonds is 11. The van der Waals surface area contributed by atoms with Crippen LogP contribution in [0, 0.1) is 41.5 Å². The summed E-state index contributed by atoms with van der Waals surface area (Å²) in [4.78, 5) is 41.5. The molecule has 0 saturated heterocycles. The number of para-hydroxylation sites is 1. The Bertz CT molecular complexity index is 3780. The van der Waals surface area contributed by atoms with Gasteiger partial charge in [0, 0.05) is 57.0 Å². The number of hydrogen-bond donors (Lipinski definition) is 8. The Morgan fingerprint density at radius 2 is 1.13 bits per heavy atom. The lowest BCUT2D eigenvalue weighted by molar-refractivity contribution is 0.0696. The lowest BCUT2D eigenvalue weighted by Crippen LogP contribution is -2.21. The number of aryl methyl sites for hydroxylation is 4. The van der Waals surface area contributed by atoms with E-state index >= 15 is 0 Å². The van der Waals surface area contributed by atoms with Crippen LogP contribution in [0.1, 0.15) is 43.7 Å². The molecule has 8 rings (SSSR count). The predicted molar refractivity (Wildman–Crippen MR) is 273 cm³/mol. The van der Waals surface area contributed by atoms with Gasteiger partial charge in [0.2, 0.25) is 0 Å². The van der Waals surface area contributed by atoms with Crippen molar-refractivity contribution in [1.82, 2.24) is 0 Å². The van der Waals surface area contributed by atoms with E-state index in [-0.39, 0.29) is 50.3 Å². The number of benzene rings is 7. The first-order valence-corrected chi connectivity index (χ1v) is 24.6. The van der Waals surface area contributed by atoms with Gasteiger partial charge in [-0.05, 0) is 130 Å². The largest absolute Gasteiger partial charge is 0.478 e. The predicted octanol–water partition coefficient (Wildman–Crippen LogP) is 11.5. The maximum atomic E-state index is 13.4. The van der Waals surface area contributed by atoms with E-state index in [4.69, 9.17) is 9.41 Å². The minimum Gasteiger partial charge on any atom is -0.478 e. The molecule has 6 aromatic carbocycles. The third-order valence-corrected chi connectivity index (χ3v) is 13.6. The fraction of sp³-hybridized carbons (Fsp3) is 0.115. The molecule has 0 atom stereocenters. The fourth-order valence-corrected chi connectivity index (χ4v) is 9.98. The van der Waals surface area contributed by atoms with E-state index in [0.717, 1.165) is 22.8 Å². The van der Waals surface area contributed by atoms with Crippen LogP contribution < -0.4 is 31.9 Å². The smallest absolute Gasteiger partial charge is 0.335 e. The molecule has 0 fully saturated rings. The summed E-state index contributed by atoms with van der Waals surface area (Å²) in [6.07, 6.45) is 0. The van der Waals surface area contributed by atoms with Crippen LogP contribution >= 0.6 is 0 Å². The summed E-state index contributed by atoms with van der Waals surface area (Å²) in [6.45, 7) is 10.8. The summed E-state index contributed by atoms with van der Waals surface area (Å²) in [7, 11) is -9.96. The van der Waals surface area contributed by atoms with E-state index in [1.54, 1.807) is 63.2 Å². The van der Waals surface area contributed by atoms with Crippen molar-refractivity contribution in [2.24, 2.45) is 4.99 Å². The molecule has 17 nitrogen and oxygen atoms in total. The van der Waals surface area contributed by atoms with Crippen molar-refractivity contribution in [2.45, 2.75) is 51.3 Å². The normalized spacial score (nSPS) is 11.9. The molecule has 6 aromatic rings. The number of carbonyl (C=O) groups excluding carboxylic acids is 2. The molecule has 362 valence electrons. The Hall–Kier alpha value is -8.36. The number of hydrogen-bond acceptors (Lipinski definition) is 10. The third-order valence-electron chi connectivity index (χ3n) is 11.8. The summed E-state index contributed by atoms with van der Waals surface area (Å²) >= 11 is 0. The standard InChI is InChI=1S/C52H46N6O11S2/c1-27-21-29(3)48(57-51(61)54-34-14-8-7-9-15-34)31(5)46(27)53-36-19-20-37-41(24-36)69-42-26-40(44(71(66,67)68)25-39(42)45(37)38-17-10-11-18-43(38)70(63,64)65)56-47-28(2)22-30(4)49(32(47)6)58-52(62)55-35-16-12-13-33(23-35)50(59)60/h7-26,53H,1-6H3,(H,59,60)(H2,54,57,61)(H2,55,58,62)(H,63,64,65)(H,66,67,68). The molecule has 1 aliphatic carbocycles. The van der Waals surface area contributed by atoms with Crippen molar-refractivity contribution in [2.75, 3.05) is 26.6 Å². The van der Waals surface area contributed by atoms with Gasteiger partial charge in [-0.15, -0.1) is 0 Å². The van der Waals surface area contributed by atoms with Gasteiger partial charge in [0.1, 0.15) is 21.1 Å². The molecule has 0 bridgehead atoms. The van der Waals surface area contributed by atoms with Crippen molar-refractivity contribution in [3.05, 3.63) is 166 Å². The van der Waals surface area contributed by atoms with Gasteiger partial charge in [-0.1, -0.05) is 54.6 Å². The summed E-state index contributed by atoms with van der Waals surface area (Å²) in [5.74, 6) is -1.17. The third kappa shape index (κ3) is 10.3. The zero-order valence-electron chi connectivity index (χ0n) is 38.9. The molecule has 71 heavy (non-hydrogen) atoms. The maximum absolute atomic E-state index is 13.4. The number of anilines is 6. The monoisotopic (exact) mass is 994 g/mol. The van der Waals surface area contributed by atoms with Crippen LogP contribution in [0.2, 0.25) is 0 Å². The average Bonchev–Trinajstić information content (AvgIpc) is 3.30. The van der Waals surface area contributed by atoms with Crippen LogP contribution in [-0.2, 0) is 20.2 Å². The lowest BCUT2D eigenvalue weighted by Gasteiger charge is -2.21. The number of amides is 4. The van der Waals surface area contributed by atoms with E-state index in [9.17, 15) is 45.4 Å². The first-order valence-electron chi connectivity index (χ1n) is 21.7. The maximum Gasteiger partial charge on any atom is 0.335 e. The van der Waals surface area contributed by atoms with Crippen molar-refractivity contribution in [3.8, 4) is 22.5 Å². The van der Waals surface area contributed by atoms with E-state index < -0.39 is 48.1 Å². The SMILES string of the molecule is Cc1cc(C)c(NC(=O)Nc2cccc(C(=O)O)c2)c(C)c1N=c1cc2oc3cc(Nc4c(C)cc(C)c(NC(=O)Nc5ccccc5)c4C)ccc3c(-c3ccccc3S(=O)(=O)O)c-2cc1S(=O)(=O)O. The highest BCUT2D eigenvalue weighted by Gasteiger charge is 2.27. The Morgan fingerprint density at radius 1 is 0.535 bits per heavy atom. The Labute approximate surface area is 408 Å². The van der Waals surface area contributed by atoms with Gasteiger partial charge in [-0.25, -0.2) is 19.4 Å². The van der Waals surface area contributed by atoms with Gasteiger partial charge < -0.3 is 36.1 Å². The van der Waals surface area contributed by atoms with Gasteiger partial charge in [0.05, 0.1) is 28.0 Å². The number of carboxylic acid groups (broad SMARTS) is 1. The number of nitrogens with one attached hydrogen (secondary N) is 5. The second-order valence-corrected chi connectivity index (χ2v) is 19.6. The minimum absolute atomic E-state index is 0.00304. The molecule has 2 aliphatic rings. The highest BCUT2D eigenvalue weighted by molar-refractivity contribution is 7.86. The quantitative estimate of drug-likeness (QED) is 0.0444. The molecule has 8 N–H and O–H groups in total. The first kappa shape index (κ1) is 49.1. The molecular formula is C52H46N6O11S2. The van der Waals surface area contributed by atoms with Gasteiger partial charge in [-0.3, -0.25) is 9.11 Å². The zero-order chi connectivity index (χ0) is 51.1. The highest BCUT2D eigenvalue weighted by Crippen LogP contribution is 2.44. The van der Waals surface area contributed by atoms with Gasteiger partial charge >= 0.3 is 18.0 Å². The van der Waals surface area contributed by atoms with Crippen molar-refractivity contribution < 1.29 is 49.8 Å². The molecule has 0 spiro atoms. The van der Waals surface area contributed by atoms with Crippen LogP contribution in [0.4, 0.5) is 49.4 Å². The molecule has 19 heteroatoms. The second kappa shape index (κ2) is 19.2. The number of aromatic carboxylic acids is 1. The second-order valence-electron chi connectivity index (χ2n) is 16.8. The fourth-order valence-electron chi connectivity index (χ4n) is 8.64. The summed E-state index contributed by atoms with van der Waals surface area (Å²) in [5.41, 5.74) is 7.42. The molecule has 0 radical (unpaired) electrons. The van der Waals surface area contributed by atoms with Gasteiger partial charge in [0.15, 0.2) is 0 Å². The topological polar surface area (TPSA) is 266 Å². The van der Waals surface area contributed by atoms with Crippen LogP contribution in [0.15, 0.2) is 141 Å². The minimum atomic E-state index is -5.09. The Balaban J connectivity index is 1.28. The Morgan fingerprint density at radius 3 is 1.79 bits per heavy atom. The molecule has 0 aromatic heterocycles. The van der Waals surface area contributed by atoms with Gasteiger partial charge in [0.25, 0.3) is 20.2 Å². The molecular weight excluding hydrogens is 949 g/mol. The van der Waals surface area contributed by atoms with Gasteiger partial charge in [-0.2, -0.15) is 16.8 Å². The number of nitrogens with zero attached hydrogens (tertiary/aromatic N) is 1. The van der Waals surface area contributed by atoms with Crippen molar-refractivity contribution in [3.63, 3.8) is 0 Å². The highest BCUT2D eigenvalue weighted by atomic mass is 32.2. The number of urea groups is 2. The first-order chi connectivity index (χ1) is 33.6. The number of carbonyl (C=O) groups is 3. The van der Waals surface area contributed by atoms with E-state index in [2.05, 4.69) is 26.6 Å². The van der Waals surface area contributed by atoms with E-state index in [1.807, 2.05) is 45.0 Å². The van der Waals surface area contributed by atoms with Crippen LogP contribution in [0.5, 0.6) is 0 Å². The van der Waals surface area contributed by atoms with Crippen LogP contribution in [-0.4, -0.2) is 49.1 Å².